The Bertz CT molecular complexity index is 953. The van der Waals surface area contributed by atoms with E-state index in [1.165, 1.54) is 19.2 Å². The highest BCUT2D eigenvalue weighted by Crippen LogP contribution is 2.32. The summed E-state index contributed by atoms with van der Waals surface area (Å²) in [5, 5.41) is 5.09. The van der Waals surface area contributed by atoms with Gasteiger partial charge in [-0.15, -0.1) is 0 Å². The Morgan fingerprint density at radius 1 is 1.04 bits per heavy atom. The van der Waals surface area contributed by atoms with E-state index < -0.39 is 11.8 Å². The summed E-state index contributed by atoms with van der Waals surface area (Å²) in [6.07, 6.45) is 0. The van der Waals surface area contributed by atoms with Crippen LogP contribution < -0.4 is 10.1 Å². The van der Waals surface area contributed by atoms with Crippen LogP contribution >= 0.6 is 0 Å². The van der Waals surface area contributed by atoms with Crippen LogP contribution in [0.15, 0.2) is 54.6 Å². The second-order valence-electron chi connectivity index (χ2n) is 6.23. The summed E-state index contributed by atoms with van der Waals surface area (Å²) < 4.78 is 25.0. The molecule has 134 valence electrons. The molecule has 3 aromatic carbocycles. The van der Waals surface area contributed by atoms with Crippen molar-refractivity contribution in [1.82, 2.24) is 0 Å². The van der Waals surface area contributed by atoms with Gasteiger partial charge in [0.25, 0.3) is 0 Å². The number of anilines is 1. The van der Waals surface area contributed by atoms with Crippen molar-refractivity contribution in [1.29, 1.82) is 0 Å². The molecule has 0 radical (unpaired) electrons. The molecule has 3 aromatic rings. The number of rotatable bonds is 5. The molecule has 5 heteroatoms. The molecule has 0 atom stereocenters. The van der Waals surface area contributed by atoms with Crippen molar-refractivity contribution in [3.8, 4) is 11.5 Å². The third-order valence-corrected chi connectivity index (χ3v) is 3.87. The largest absolute Gasteiger partial charge is 0.465 e. The monoisotopic (exact) mass is 353 g/mol. The molecule has 0 aliphatic rings. The van der Waals surface area contributed by atoms with E-state index in [0.717, 1.165) is 10.8 Å². The Balaban J connectivity index is 1.99. The molecule has 0 saturated carbocycles. The van der Waals surface area contributed by atoms with Crippen molar-refractivity contribution in [2.24, 2.45) is 0 Å². The Kier molecular flexibility index (Phi) is 5.07. The molecule has 0 aliphatic heterocycles. The molecule has 3 rings (SSSR count). The van der Waals surface area contributed by atoms with Gasteiger partial charge in [0.1, 0.15) is 5.75 Å². The summed E-state index contributed by atoms with van der Waals surface area (Å²) in [5.74, 6) is -0.663. The molecule has 1 N–H and O–H groups in total. The van der Waals surface area contributed by atoms with E-state index in [-0.39, 0.29) is 17.4 Å². The second kappa shape index (κ2) is 7.44. The highest BCUT2D eigenvalue weighted by atomic mass is 19.1. The number of carbonyl (C=O) groups is 1. The molecular formula is C21H20FNO3. The summed E-state index contributed by atoms with van der Waals surface area (Å²) in [7, 11) is 1.29. The van der Waals surface area contributed by atoms with Crippen LogP contribution in [0.1, 0.15) is 24.2 Å². The first kappa shape index (κ1) is 17.7. The van der Waals surface area contributed by atoms with Crippen LogP contribution in [0.3, 0.4) is 0 Å². The minimum atomic E-state index is -0.561. The zero-order valence-electron chi connectivity index (χ0n) is 14.9. The van der Waals surface area contributed by atoms with E-state index >= 15 is 0 Å². The van der Waals surface area contributed by atoms with Crippen molar-refractivity contribution in [2.75, 3.05) is 12.4 Å². The third kappa shape index (κ3) is 3.77. The SMILES string of the molecule is COC(=O)c1cc(Oc2ccc3ccccc3c2)c(F)cc1NC(C)C. The molecule has 4 nitrogen and oxygen atoms in total. The van der Waals surface area contributed by atoms with Crippen LogP contribution in [0.2, 0.25) is 0 Å². The number of hydrogen-bond acceptors (Lipinski definition) is 4. The van der Waals surface area contributed by atoms with Gasteiger partial charge in [-0.05, 0) is 36.8 Å². The zero-order chi connectivity index (χ0) is 18.7. The minimum Gasteiger partial charge on any atom is -0.465 e. The summed E-state index contributed by atoms with van der Waals surface area (Å²) in [5.41, 5.74) is 0.591. The summed E-state index contributed by atoms with van der Waals surface area (Å²) in [6.45, 7) is 3.80. The van der Waals surface area contributed by atoms with Gasteiger partial charge in [-0.2, -0.15) is 0 Å². The van der Waals surface area contributed by atoms with Crippen LogP contribution in [-0.4, -0.2) is 19.1 Å². The number of carbonyl (C=O) groups excluding carboxylic acids is 1. The van der Waals surface area contributed by atoms with E-state index in [1.807, 2.05) is 50.2 Å². The van der Waals surface area contributed by atoms with E-state index in [1.54, 1.807) is 6.07 Å². The molecule has 0 aliphatic carbocycles. The quantitative estimate of drug-likeness (QED) is 0.626. The van der Waals surface area contributed by atoms with Gasteiger partial charge in [0.2, 0.25) is 0 Å². The molecular weight excluding hydrogens is 333 g/mol. The Morgan fingerprint density at radius 3 is 2.46 bits per heavy atom. The van der Waals surface area contributed by atoms with Crippen molar-refractivity contribution < 1.29 is 18.7 Å². The predicted octanol–water partition coefficient (Wildman–Crippen LogP) is 5.38. The maximum atomic E-state index is 14.5. The summed E-state index contributed by atoms with van der Waals surface area (Å²) >= 11 is 0. The van der Waals surface area contributed by atoms with Gasteiger partial charge in [0, 0.05) is 18.2 Å². The molecule has 0 amide bonds. The summed E-state index contributed by atoms with van der Waals surface area (Å²) in [6, 6.07) is 16.0. The number of esters is 1. The molecule has 0 fully saturated rings. The number of halogens is 1. The average Bonchev–Trinajstić information content (AvgIpc) is 2.62. The van der Waals surface area contributed by atoms with Crippen molar-refractivity contribution in [2.45, 2.75) is 19.9 Å². The van der Waals surface area contributed by atoms with E-state index in [4.69, 9.17) is 9.47 Å². The minimum absolute atomic E-state index is 0.0324. The summed E-state index contributed by atoms with van der Waals surface area (Å²) in [4.78, 5) is 12.1. The van der Waals surface area contributed by atoms with Gasteiger partial charge in [-0.3, -0.25) is 0 Å². The number of ether oxygens (including phenoxy) is 2. The van der Waals surface area contributed by atoms with Gasteiger partial charge >= 0.3 is 5.97 Å². The molecule has 0 aromatic heterocycles. The molecule has 0 bridgehead atoms. The number of hydrogen-bond donors (Lipinski definition) is 1. The molecule has 0 heterocycles. The Hall–Kier alpha value is -3.08. The highest BCUT2D eigenvalue weighted by molar-refractivity contribution is 5.96. The smallest absolute Gasteiger partial charge is 0.340 e. The van der Waals surface area contributed by atoms with Gasteiger partial charge in [0.15, 0.2) is 11.6 Å². The topological polar surface area (TPSA) is 47.6 Å². The predicted molar refractivity (Wildman–Crippen MR) is 101 cm³/mol. The lowest BCUT2D eigenvalue weighted by Gasteiger charge is -2.16. The Labute approximate surface area is 151 Å². The van der Waals surface area contributed by atoms with E-state index in [9.17, 15) is 9.18 Å². The van der Waals surface area contributed by atoms with Crippen molar-refractivity contribution in [3.63, 3.8) is 0 Å². The normalized spacial score (nSPS) is 10.8. The van der Waals surface area contributed by atoms with Gasteiger partial charge in [0.05, 0.1) is 18.4 Å². The first-order valence-electron chi connectivity index (χ1n) is 8.33. The second-order valence-corrected chi connectivity index (χ2v) is 6.23. The Morgan fingerprint density at radius 2 is 1.77 bits per heavy atom. The van der Waals surface area contributed by atoms with Crippen LogP contribution in [0.25, 0.3) is 10.8 Å². The van der Waals surface area contributed by atoms with E-state index in [0.29, 0.717) is 11.4 Å². The lowest BCUT2D eigenvalue weighted by Crippen LogP contribution is -2.15. The fourth-order valence-electron chi connectivity index (χ4n) is 2.70. The van der Waals surface area contributed by atoms with Crippen LogP contribution in [0.4, 0.5) is 10.1 Å². The average molecular weight is 353 g/mol. The molecule has 0 saturated heterocycles. The molecule has 0 spiro atoms. The molecule has 26 heavy (non-hydrogen) atoms. The first-order valence-corrected chi connectivity index (χ1v) is 8.33. The number of benzene rings is 3. The van der Waals surface area contributed by atoms with Crippen molar-refractivity contribution >= 4 is 22.4 Å². The van der Waals surface area contributed by atoms with Crippen LogP contribution in [-0.2, 0) is 4.74 Å². The molecule has 0 unspecified atom stereocenters. The van der Waals surface area contributed by atoms with Crippen molar-refractivity contribution in [3.05, 3.63) is 66.0 Å². The lowest BCUT2D eigenvalue weighted by atomic mass is 10.1. The first-order chi connectivity index (χ1) is 12.5. The van der Waals surface area contributed by atoms with Crippen LogP contribution in [0, 0.1) is 5.82 Å². The van der Waals surface area contributed by atoms with Gasteiger partial charge in [-0.25, -0.2) is 9.18 Å². The van der Waals surface area contributed by atoms with Gasteiger partial charge in [-0.1, -0.05) is 30.3 Å². The number of methoxy groups -OCH3 is 1. The fourth-order valence-corrected chi connectivity index (χ4v) is 2.70. The van der Waals surface area contributed by atoms with Gasteiger partial charge < -0.3 is 14.8 Å². The fraction of sp³-hybridized carbons (Fsp3) is 0.190. The standard InChI is InChI=1S/C21H20FNO3/c1-13(2)23-19-12-18(22)20(11-17(19)21(24)25-3)26-16-9-8-14-6-4-5-7-15(14)10-16/h4-13,23H,1-3H3. The van der Waals surface area contributed by atoms with Crippen LogP contribution in [0.5, 0.6) is 11.5 Å². The maximum Gasteiger partial charge on any atom is 0.340 e. The van der Waals surface area contributed by atoms with E-state index in [2.05, 4.69) is 5.32 Å². The lowest BCUT2D eigenvalue weighted by molar-refractivity contribution is 0.0601. The third-order valence-electron chi connectivity index (χ3n) is 3.87. The highest BCUT2D eigenvalue weighted by Gasteiger charge is 2.18. The zero-order valence-corrected chi connectivity index (χ0v) is 14.9. The number of nitrogens with one attached hydrogen (secondary N) is 1. The maximum absolute atomic E-state index is 14.5. The number of fused-ring (bicyclic) bond motifs is 1.